The van der Waals surface area contributed by atoms with Crippen molar-refractivity contribution in [2.45, 2.75) is 18.7 Å². The summed E-state index contributed by atoms with van der Waals surface area (Å²) in [6.45, 7) is 3.98. The van der Waals surface area contributed by atoms with Gasteiger partial charge in [0.05, 0.1) is 15.5 Å². The Bertz CT molecular complexity index is 1430. The molecule has 0 aliphatic heterocycles. The molecular formula is C24H21BrN2O3S2. The Morgan fingerprint density at radius 1 is 1.00 bits per heavy atom. The number of carbonyl (C=O) groups is 1. The molecule has 1 N–H and O–H groups in total. The van der Waals surface area contributed by atoms with Gasteiger partial charge in [-0.15, -0.1) is 11.3 Å². The van der Waals surface area contributed by atoms with Crippen molar-refractivity contribution in [3.63, 3.8) is 0 Å². The van der Waals surface area contributed by atoms with E-state index in [2.05, 4.69) is 21.2 Å². The monoisotopic (exact) mass is 528 g/mol. The number of thiophene rings is 1. The van der Waals surface area contributed by atoms with E-state index in [1.54, 1.807) is 42.5 Å². The zero-order valence-electron chi connectivity index (χ0n) is 17.7. The van der Waals surface area contributed by atoms with Gasteiger partial charge >= 0.3 is 0 Å². The van der Waals surface area contributed by atoms with Crippen LogP contribution in [-0.2, 0) is 10.0 Å². The van der Waals surface area contributed by atoms with Gasteiger partial charge in [-0.3, -0.25) is 9.10 Å². The van der Waals surface area contributed by atoms with Crippen molar-refractivity contribution in [2.24, 2.45) is 0 Å². The third-order valence-corrected chi connectivity index (χ3v) is 8.86. The zero-order chi connectivity index (χ0) is 23.0. The minimum atomic E-state index is -3.70. The summed E-state index contributed by atoms with van der Waals surface area (Å²) in [5.41, 5.74) is 3.45. The van der Waals surface area contributed by atoms with Crippen molar-refractivity contribution >= 4 is 64.7 Å². The second kappa shape index (κ2) is 8.69. The highest BCUT2D eigenvalue weighted by Gasteiger charge is 2.22. The maximum Gasteiger partial charge on any atom is 0.265 e. The Hall–Kier alpha value is -2.68. The van der Waals surface area contributed by atoms with Crippen molar-refractivity contribution in [2.75, 3.05) is 16.7 Å². The molecule has 0 aliphatic carbocycles. The average molecular weight is 529 g/mol. The largest absolute Gasteiger partial charge is 0.321 e. The number of carbonyl (C=O) groups excluding carboxylic acids is 1. The lowest BCUT2D eigenvalue weighted by Crippen LogP contribution is -2.26. The predicted molar refractivity (Wildman–Crippen MR) is 135 cm³/mol. The number of fused-ring (bicyclic) bond motifs is 1. The molecule has 3 aromatic carbocycles. The smallest absolute Gasteiger partial charge is 0.265 e. The van der Waals surface area contributed by atoms with E-state index >= 15 is 0 Å². The van der Waals surface area contributed by atoms with Crippen LogP contribution < -0.4 is 9.62 Å². The first-order valence-corrected chi connectivity index (χ1v) is 12.9. The van der Waals surface area contributed by atoms with Crippen LogP contribution in [0.5, 0.6) is 0 Å². The maximum atomic E-state index is 13.0. The standard InChI is InChI=1S/C24H21BrN2O3S2/c1-15-5-4-6-21(16(15)2)26-24(28)23-14-17-13-19(9-12-22(17)31-23)27(3)32(29,30)20-10-7-18(25)8-11-20/h4-14H,1-3H3,(H,26,28). The van der Waals surface area contributed by atoms with E-state index in [4.69, 9.17) is 0 Å². The number of rotatable bonds is 5. The Kier molecular flexibility index (Phi) is 6.11. The van der Waals surface area contributed by atoms with Crippen LogP contribution in [0.1, 0.15) is 20.8 Å². The van der Waals surface area contributed by atoms with Crippen LogP contribution in [-0.4, -0.2) is 21.4 Å². The molecule has 0 radical (unpaired) electrons. The molecule has 1 heterocycles. The summed E-state index contributed by atoms with van der Waals surface area (Å²) in [4.78, 5) is 13.6. The van der Waals surface area contributed by atoms with Gasteiger partial charge in [0.1, 0.15) is 0 Å². The van der Waals surface area contributed by atoms with Crippen molar-refractivity contribution < 1.29 is 13.2 Å². The first-order valence-electron chi connectivity index (χ1n) is 9.82. The third kappa shape index (κ3) is 4.30. The molecule has 0 fully saturated rings. The summed E-state index contributed by atoms with van der Waals surface area (Å²) in [6.07, 6.45) is 0. The first-order chi connectivity index (χ1) is 15.2. The minimum absolute atomic E-state index is 0.183. The van der Waals surface area contributed by atoms with Crippen LogP contribution in [0.4, 0.5) is 11.4 Å². The summed E-state index contributed by atoms with van der Waals surface area (Å²) in [5.74, 6) is -0.183. The molecule has 0 unspecified atom stereocenters. The van der Waals surface area contributed by atoms with E-state index in [0.29, 0.717) is 10.6 Å². The van der Waals surface area contributed by atoms with Crippen molar-refractivity contribution in [1.82, 2.24) is 0 Å². The van der Waals surface area contributed by atoms with E-state index in [1.807, 2.05) is 38.1 Å². The third-order valence-electron chi connectivity index (χ3n) is 5.41. The fourth-order valence-electron chi connectivity index (χ4n) is 3.31. The lowest BCUT2D eigenvalue weighted by molar-refractivity contribution is 0.103. The van der Waals surface area contributed by atoms with E-state index in [9.17, 15) is 13.2 Å². The van der Waals surface area contributed by atoms with Crippen LogP contribution in [0.25, 0.3) is 10.1 Å². The summed E-state index contributed by atoms with van der Waals surface area (Å²) in [7, 11) is -2.17. The van der Waals surface area contributed by atoms with Gasteiger partial charge in [-0.2, -0.15) is 0 Å². The molecule has 0 aliphatic rings. The summed E-state index contributed by atoms with van der Waals surface area (Å²) < 4.78 is 29.0. The normalized spacial score (nSPS) is 11.5. The fraction of sp³-hybridized carbons (Fsp3) is 0.125. The number of hydrogen-bond donors (Lipinski definition) is 1. The average Bonchev–Trinajstić information content (AvgIpc) is 3.20. The molecule has 0 atom stereocenters. The minimum Gasteiger partial charge on any atom is -0.321 e. The number of nitrogens with one attached hydrogen (secondary N) is 1. The van der Waals surface area contributed by atoms with Crippen LogP contribution in [0.2, 0.25) is 0 Å². The van der Waals surface area contributed by atoms with Crippen molar-refractivity contribution in [3.8, 4) is 0 Å². The second-order valence-corrected chi connectivity index (χ2v) is 11.4. The zero-order valence-corrected chi connectivity index (χ0v) is 20.9. The Balaban J connectivity index is 1.62. The van der Waals surface area contributed by atoms with Crippen LogP contribution in [0.3, 0.4) is 0 Å². The molecule has 0 bridgehead atoms. The Morgan fingerprint density at radius 3 is 2.44 bits per heavy atom. The fourth-order valence-corrected chi connectivity index (χ4v) is 5.70. The van der Waals surface area contributed by atoms with Crippen molar-refractivity contribution in [3.05, 3.63) is 87.2 Å². The molecule has 4 aromatic rings. The van der Waals surface area contributed by atoms with Crippen LogP contribution in [0.15, 0.2) is 76.1 Å². The van der Waals surface area contributed by atoms with Crippen molar-refractivity contribution in [1.29, 1.82) is 0 Å². The molecular weight excluding hydrogens is 508 g/mol. The highest BCUT2D eigenvalue weighted by molar-refractivity contribution is 9.10. The molecule has 5 nitrogen and oxygen atoms in total. The lowest BCUT2D eigenvalue weighted by Gasteiger charge is -2.19. The number of hydrogen-bond acceptors (Lipinski definition) is 4. The molecule has 8 heteroatoms. The molecule has 32 heavy (non-hydrogen) atoms. The molecule has 0 saturated heterocycles. The van der Waals surface area contributed by atoms with E-state index < -0.39 is 10.0 Å². The molecule has 4 rings (SSSR count). The summed E-state index contributed by atoms with van der Waals surface area (Å²) in [5, 5.41) is 3.79. The quantitative estimate of drug-likeness (QED) is 0.327. The van der Waals surface area contributed by atoms with E-state index in [0.717, 1.165) is 31.4 Å². The highest BCUT2D eigenvalue weighted by atomic mass is 79.9. The number of aryl methyl sites for hydroxylation is 1. The molecule has 164 valence electrons. The lowest BCUT2D eigenvalue weighted by atomic mass is 10.1. The molecule has 1 amide bonds. The number of sulfonamides is 1. The first kappa shape index (κ1) is 22.5. The van der Waals surface area contributed by atoms with Gasteiger partial charge in [-0.05, 0) is 85.0 Å². The number of benzene rings is 3. The molecule has 1 aromatic heterocycles. The van der Waals surface area contributed by atoms with Gasteiger partial charge in [0.15, 0.2) is 0 Å². The Morgan fingerprint density at radius 2 is 1.72 bits per heavy atom. The number of anilines is 2. The Labute approximate surface area is 199 Å². The van der Waals surface area contributed by atoms with Crippen LogP contribution >= 0.6 is 27.3 Å². The topological polar surface area (TPSA) is 66.5 Å². The number of halogens is 1. The van der Waals surface area contributed by atoms with E-state index in [1.165, 1.54) is 22.7 Å². The van der Waals surface area contributed by atoms with Gasteiger partial charge in [-0.1, -0.05) is 28.1 Å². The van der Waals surface area contributed by atoms with E-state index in [-0.39, 0.29) is 10.8 Å². The molecule has 0 spiro atoms. The maximum absolute atomic E-state index is 13.0. The van der Waals surface area contributed by atoms with Crippen LogP contribution in [0, 0.1) is 13.8 Å². The van der Waals surface area contributed by atoms with Gasteiger partial charge < -0.3 is 5.32 Å². The van der Waals surface area contributed by atoms with Gasteiger partial charge in [0, 0.05) is 21.9 Å². The summed E-state index contributed by atoms with van der Waals surface area (Å²) >= 11 is 4.70. The number of amides is 1. The second-order valence-electron chi connectivity index (χ2n) is 7.46. The predicted octanol–water partition coefficient (Wildman–Crippen LogP) is 6.36. The van der Waals surface area contributed by atoms with Gasteiger partial charge in [0.2, 0.25) is 0 Å². The molecule has 0 saturated carbocycles. The van der Waals surface area contributed by atoms with Gasteiger partial charge in [0.25, 0.3) is 15.9 Å². The van der Waals surface area contributed by atoms with Gasteiger partial charge in [-0.25, -0.2) is 8.42 Å². The summed E-state index contributed by atoms with van der Waals surface area (Å²) in [6, 6.07) is 19.5. The SMILES string of the molecule is Cc1cccc(NC(=O)c2cc3cc(N(C)S(=O)(=O)c4ccc(Br)cc4)ccc3s2)c1C. The number of nitrogens with zero attached hydrogens (tertiary/aromatic N) is 1. The highest BCUT2D eigenvalue weighted by Crippen LogP contribution is 2.32.